The monoisotopic (exact) mass is 1030 g/mol. The number of hydrogen-bond acceptors (Lipinski definition) is 19. The molecule has 0 spiro atoms. The normalized spacial score (nSPS) is 28.9. The van der Waals surface area contributed by atoms with E-state index in [2.05, 4.69) is 41.6 Å². The Labute approximate surface area is 397 Å². The summed E-state index contributed by atoms with van der Waals surface area (Å²) >= 11 is 11.9. The summed E-state index contributed by atoms with van der Waals surface area (Å²) in [7, 11) is -7.19. The number of imidazole rings is 1. The highest BCUT2D eigenvalue weighted by Crippen LogP contribution is 2.58. The summed E-state index contributed by atoms with van der Waals surface area (Å²) in [4.78, 5) is 70.4. The first kappa shape index (κ1) is 52.9. The van der Waals surface area contributed by atoms with Crippen LogP contribution in [-0.2, 0) is 64.3 Å². The van der Waals surface area contributed by atoms with E-state index >= 15 is 0 Å². The van der Waals surface area contributed by atoms with Gasteiger partial charge in [-0.15, -0.1) is 0 Å². The van der Waals surface area contributed by atoms with Crippen molar-refractivity contribution in [1.29, 1.82) is 5.26 Å². The molecule has 1 amide bonds. The van der Waals surface area contributed by atoms with Crippen molar-refractivity contribution in [3.05, 3.63) is 35.3 Å². The van der Waals surface area contributed by atoms with Crippen molar-refractivity contribution in [1.82, 2.24) is 29.5 Å². The minimum Gasteiger partial charge on any atom is -0.414 e. The number of anilines is 2. The summed E-state index contributed by atoms with van der Waals surface area (Å²) in [6.45, 7) is 10.5. The molecule has 2 unspecified atom stereocenters. The number of H-pyrrole nitrogens is 1. The molecule has 5 heterocycles. The number of hydrogen-bond donors (Lipinski definition) is 5. The lowest BCUT2D eigenvalue weighted by molar-refractivity contribution is -0.118. The average molecular weight is 1030 g/mol. The summed E-state index contributed by atoms with van der Waals surface area (Å²) in [5, 5.41) is 15.6. The maximum Gasteiger partial charge on any atom is 0.335 e. The van der Waals surface area contributed by atoms with Gasteiger partial charge in [-0.25, -0.2) is 15.0 Å². The van der Waals surface area contributed by atoms with E-state index in [-0.39, 0.29) is 77.5 Å². The number of carbonyl (C=O) groups excluding carboxylic acids is 1. The molecule has 3 aromatic rings. The minimum absolute atomic E-state index is 0.0120. The van der Waals surface area contributed by atoms with Crippen molar-refractivity contribution in [2.45, 2.75) is 147 Å². The van der Waals surface area contributed by atoms with E-state index < -0.39 is 78.6 Å². The molecule has 3 aliphatic rings. The molecule has 0 aromatic carbocycles. The molecule has 5 N–H and O–H groups in total. The minimum atomic E-state index is -4.05. The Kier molecular flexibility index (Phi) is 17.4. The zero-order valence-electron chi connectivity index (χ0n) is 38.9. The van der Waals surface area contributed by atoms with Gasteiger partial charge in [0.15, 0.2) is 17.4 Å². The van der Waals surface area contributed by atoms with Crippen LogP contribution < -0.4 is 16.2 Å². The first-order chi connectivity index (χ1) is 31.0. The fourth-order valence-corrected chi connectivity index (χ4v) is 22.0. The second kappa shape index (κ2) is 21.7. The summed E-state index contributed by atoms with van der Waals surface area (Å²) in [5.41, 5.74) is -1.68. The Balaban J connectivity index is 1.51. The van der Waals surface area contributed by atoms with Crippen LogP contribution >= 0.6 is 13.4 Å². The maximum atomic E-state index is 13.5. The number of fused-ring (bicyclic) bond motifs is 4. The number of nitrogens with one attached hydrogen (secondary N) is 3. The predicted molar refractivity (Wildman–Crippen MR) is 256 cm³/mol. The van der Waals surface area contributed by atoms with Crippen molar-refractivity contribution in [3.63, 3.8) is 0 Å². The van der Waals surface area contributed by atoms with Crippen LogP contribution in [0.2, 0.25) is 22.2 Å². The number of ether oxygens (including phenoxy) is 1. The van der Waals surface area contributed by atoms with Gasteiger partial charge in [0.1, 0.15) is 30.5 Å². The number of rotatable bonds is 16. The molecule has 366 valence electrons. The molecule has 3 fully saturated rings. The van der Waals surface area contributed by atoms with Crippen molar-refractivity contribution in [2.75, 3.05) is 30.5 Å². The summed E-state index contributed by atoms with van der Waals surface area (Å²) < 4.78 is 55.3. The zero-order chi connectivity index (χ0) is 48.4. The molecule has 2 saturated heterocycles. The van der Waals surface area contributed by atoms with E-state index in [1.807, 2.05) is 55.4 Å². The van der Waals surface area contributed by atoms with E-state index in [4.69, 9.17) is 59.5 Å². The van der Waals surface area contributed by atoms with Gasteiger partial charge in [0.05, 0.1) is 44.7 Å². The van der Waals surface area contributed by atoms with Gasteiger partial charge in [0, 0.05) is 24.1 Å². The van der Waals surface area contributed by atoms with Crippen LogP contribution in [0.4, 0.5) is 11.8 Å². The molecule has 1 saturated carbocycles. The van der Waals surface area contributed by atoms with Crippen molar-refractivity contribution in [2.24, 2.45) is 11.8 Å². The molecule has 21 nitrogen and oxygen atoms in total. The smallest absolute Gasteiger partial charge is 0.335 e. The van der Waals surface area contributed by atoms with Gasteiger partial charge in [-0.3, -0.25) is 29.0 Å². The lowest BCUT2D eigenvalue weighted by atomic mass is 10.1. The summed E-state index contributed by atoms with van der Waals surface area (Å²) in [6.07, 6.45) is -0.320. The van der Waals surface area contributed by atoms with Crippen LogP contribution in [-0.4, -0.2) is 112 Å². The molecular weight excluding hydrogens is 969 g/mol. The Bertz CT molecular complexity index is 2350. The van der Waals surface area contributed by atoms with E-state index in [1.54, 1.807) is 26.1 Å². The highest BCUT2D eigenvalue weighted by atomic mass is 32.5. The number of nitriles is 1. The van der Waals surface area contributed by atoms with Gasteiger partial charge in [-0.1, -0.05) is 69.2 Å². The quantitative estimate of drug-likeness (QED) is 0.0590. The van der Waals surface area contributed by atoms with Gasteiger partial charge in [0.2, 0.25) is 11.9 Å². The van der Waals surface area contributed by atoms with E-state index in [9.17, 15) is 24.5 Å². The Morgan fingerprint density at radius 1 is 1.03 bits per heavy atom. The fraction of sp³-hybridized carbons (Fsp3) is 0.718. The third-order valence-corrected chi connectivity index (χ3v) is 25.8. The van der Waals surface area contributed by atoms with Gasteiger partial charge in [-0.05, 0) is 64.7 Å². The van der Waals surface area contributed by atoms with Crippen molar-refractivity contribution < 1.29 is 50.4 Å². The van der Waals surface area contributed by atoms with E-state index in [1.165, 1.54) is 17.2 Å². The van der Waals surface area contributed by atoms with Gasteiger partial charge >= 0.3 is 30.6 Å². The van der Waals surface area contributed by atoms with Crippen LogP contribution in [0.5, 0.6) is 0 Å². The number of aromatic amines is 1. The summed E-state index contributed by atoms with van der Waals surface area (Å²) in [6, 6.07) is 3.62. The Morgan fingerprint density at radius 3 is 2.36 bits per heavy atom. The van der Waals surface area contributed by atoms with Crippen LogP contribution in [0.3, 0.4) is 0 Å². The highest BCUT2D eigenvalue weighted by molar-refractivity contribution is 8.07. The zero-order valence-corrected chi connectivity index (χ0v) is 44.3. The number of nitrogens with zero attached hydrogens (tertiary/aromatic N) is 6. The SMILES string of the molecule is CC(C)C(=O)Nc1nc2c(ncn2[C@@H]2O[C@@H]3COP(O)(=S)O[C@H]4C[C@H](Nc5ccncn5)C[C@@H]4COP(=S)(OCCC#N)O[C@@H]2[C@@H]3O[Si](O[Si](O)(C(C)C)C(C)C)(C(C)C)C(C)C)c(=O)[nH]1. The molecule has 66 heavy (non-hydrogen) atoms. The number of aromatic nitrogens is 6. The van der Waals surface area contributed by atoms with Crippen LogP contribution in [0.1, 0.15) is 94.7 Å². The lowest BCUT2D eigenvalue weighted by Crippen LogP contribution is -2.62. The molecule has 6 rings (SSSR count). The fourth-order valence-electron chi connectivity index (χ4n) is 8.42. The molecule has 2 bridgehead atoms. The van der Waals surface area contributed by atoms with Gasteiger partial charge < -0.3 is 46.4 Å². The predicted octanol–water partition coefficient (Wildman–Crippen LogP) is 6.40. The Morgan fingerprint density at radius 2 is 1.74 bits per heavy atom. The molecule has 0 radical (unpaired) electrons. The molecular formula is C39H63N9O12P2S2Si2. The third kappa shape index (κ3) is 11.9. The second-order valence-corrected chi connectivity index (χ2v) is 32.7. The first-order valence-corrected chi connectivity index (χ1v) is 31.3. The van der Waals surface area contributed by atoms with Crippen LogP contribution in [0, 0.1) is 23.2 Å². The van der Waals surface area contributed by atoms with Crippen LogP contribution in [0.15, 0.2) is 29.7 Å². The summed E-state index contributed by atoms with van der Waals surface area (Å²) in [5.74, 6) is -0.773. The van der Waals surface area contributed by atoms with Crippen LogP contribution in [0.25, 0.3) is 11.2 Å². The molecule has 27 heteroatoms. The highest BCUT2D eigenvalue weighted by Gasteiger charge is 2.60. The van der Waals surface area contributed by atoms with E-state index in [0.29, 0.717) is 18.7 Å². The molecule has 2 aliphatic heterocycles. The first-order valence-electron chi connectivity index (χ1n) is 22.2. The van der Waals surface area contributed by atoms with E-state index in [0.717, 1.165) is 0 Å². The molecule has 9 atom stereocenters. The maximum absolute atomic E-state index is 13.5. The van der Waals surface area contributed by atoms with Crippen molar-refractivity contribution >= 4 is 83.0 Å². The van der Waals surface area contributed by atoms with Gasteiger partial charge in [0.25, 0.3) is 5.56 Å². The number of carbonyl (C=O) groups is 1. The standard InChI is InChI=1S/C39H63N9O12P2S2Si2/c1-22(2)36(49)46-39-45-35-32(37(50)47-39)43-21-48(35)38-34-33(59-66(25(7)8,26(9)10)60-65(52,23(3)4)24(5)6)30(56-38)19-54-61(51,63)57-29-17-28(44-31-12-14-41-20-42-31)16-27(29)18-55-62(64,58-34)53-15-11-13-40/h12,14,20-30,33-34,38,52H,11,15-19H2,1-10H3,(H,51,63)(H,41,42,44)(H2,45,46,47,49,50)/t27-,28-,29+,30-,33-,34-,38-,61?,62?/m1/s1. The number of amides is 1. The second-order valence-electron chi connectivity index (χ2n) is 18.4. The largest absolute Gasteiger partial charge is 0.414 e. The topological polar surface area (TPSA) is 269 Å². The average Bonchev–Trinajstić information content (AvgIpc) is 3.93. The Hall–Kier alpha value is -2.48. The third-order valence-electron chi connectivity index (χ3n) is 12.1. The molecule has 3 aromatic heterocycles. The van der Waals surface area contributed by atoms with Gasteiger partial charge in [-0.2, -0.15) is 10.2 Å². The lowest BCUT2D eigenvalue weighted by Gasteiger charge is -2.47. The molecule has 1 aliphatic carbocycles. The van der Waals surface area contributed by atoms with Crippen molar-refractivity contribution in [3.8, 4) is 6.07 Å².